The highest BCUT2D eigenvalue weighted by molar-refractivity contribution is 5.85. The van der Waals surface area contributed by atoms with Crippen molar-refractivity contribution in [1.82, 2.24) is 4.57 Å². The van der Waals surface area contributed by atoms with E-state index in [-0.39, 0.29) is 30.9 Å². The van der Waals surface area contributed by atoms with Crippen LogP contribution in [-0.2, 0) is 12.8 Å². The number of benzene rings is 1. The summed E-state index contributed by atoms with van der Waals surface area (Å²) in [4.78, 5) is 11.3. The number of rotatable bonds is 3. The van der Waals surface area contributed by atoms with Crippen molar-refractivity contribution in [3.05, 3.63) is 65.5 Å². The molecule has 1 aliphatic carbocycles. The molecule has 30 heavy (non-hydrogen) atoms. The van der Waals surface area contributed by atoms with E-state index in [0.29, 0.717) is 22.7 Å². The molecule has 0 amide bonds. The molecule has 1 aliphatic rings. The van der Waals surface area contributed by atoms with E-state index in [9.17, 15) is 23.1 Å². The highest BCUT2D eigenvalue weighted by Gasteiger charge is 2.42. The van der Waals surface area contributed by atoms with Gasteiger partial charge in [0.1, 0.15) is 5.58 Å². The number of aromatic nitrogens is 1. The molecule has 154 valence electrons. The number of halogens is 3. The molecule has 1 N–H and O–H groups in total. The number of furan rings is 2. The maximum atomic E-state index is 13.4. The molecule has 1 unspecified atom stereocenters. The average molecular weight is 415 g/mol. The molecule has 8 heteroatoms. The van der Waals surface area contributed by atoms with E-state index >= 15 is 0 Å². The Bertz CT molecular complexity index is 1230. The molecule has 1 aromatic carbocycles. The molecule has 0 bridgehead atoms. The third-order valence-electron chi connectivity index (χ3n) is 5.56. The minimum Gasteiger partial charge on any atom is -0.475 e. The number of nitrogens with zero attached hydrogens (tertiary/aromatic N) is 1. The Kier molecular flexibility index (Phi) is 4.06. The maximum absolute atomic E-state index is 13.4. The Balaban J connectivity index is 1.70. The molecule has 5 rings (SSSR count). The molecule has 3 aromatic heterocycles. The Labute approximate surface area is 168 Å². The number of alkyl halides is 3. The zero-order valence-corrected chi connectivity index (χ0v) is 15.6. The summed E-state index contributed by atoms with van der Waals surface area (Å²) in [6.45, 7) is 0. The van der Waals surface area contributed by atoms with E-state index in [2.05, 4.69) is 0 Å². The molecule has 3 heterocycles. The lowest BCUT2D eigenvalue weighted by molar-refractivity contribution is -0.177. The van der Waals surface area contributed by atoms with Crippen molar-refractivity contribution in [3.63, 3.8) is 0 Å². The Hall–Kier alpha value is -3.42. The lowest BCUT2D eigenvalue weighted by atomic mass is 9.87. The van der Waals surface area contributed by atoms with Gasteiger partial charge in [-0.1, -0.05) is 18.2 Å². The topological polar surface area (TPSA) is 68.5 Å². The fourth-order valence-electron chi connectivity index (χ4n) is 4.09. The number of aryl methyl sites for hydroxylation is 1. The van der Waals surface area contributed by atoms with Crippen LogP contribution in [0.3, 0.4) is 0 Å². The second-order valence-corrected chi connectivity index (χ2v) is 7.41. The number of fused-ring (bicyclic) bond motifs is 2. The van der Waals surface area contributed by atoms with Crippen molar-refractivity contribution >= 4 is 16.9 Å². The SMILES string of the molecule is O=C(O)c1ccc(-n2c(-c3cc4ccccc4o3)cc3c2CC(C(F)(F)F)CC3)o1. The second kappa shape index (κ2) is 6.55. The number of aromatic carboxylic acids is 1. The van der Waals surface area contributed by atoms with Gasteiger partial charge in [0.2, 0.25) is 11.6 Å². The van der Waals surface area contributed by atoms with Crippen LogP contribution in [0.2, 0.25) is 0 Å². The van der Waals surface area contributed by atoms with Crippen LogP contribution < -0.4 is 0 Å². The van der Waals surface area contributed by atoms with Gasteiger partial charge in [-0.3, -0.25) is 4.57 Å². The third kappa shape index (κ3) is 2.99. The van der Waals surface area contributed by atoms with Gasteiger partial charge in [0.05, 0.1) is 11.6 Å². The van der Waals surface area contributed by atoms with Gasteiger partial charge in [-0.25, -0.2) is 4.79 Å². The van der Waals surface area contributed by atoms with E-state index < -0.39 is 18.1 Å². The van der Waals surface area contributed by atoms with Gasteiger partial charge in [-0.15, -0.1) is 0 Å². The minimum absolute atomic E-state index is 0.0125. The monoisotopic (exact) mass is 415 g/mol. The predicted octanol–water partition coefficient (Wildman–Crippen LogP) is 5.85. The van der Waals surface area contributed by atoms with Gasteiger partial charge in [0.25, 0.3) is 0 Å². The molecule has 0 saturated heterocycles. The van der Waals surface area contributed by atoms with Crippen LogP contribution in [0.4, 0.5) is 13.2 Å². The van der Waals surface area contributed by atoms with Crippen molar-refractivity contribution in [1.29, 1.82) is 0 Å². The van der Waals surface area contributed by atoms with Crippen LogP contribution in [0.15, 0.2) is 57.4 Å². The van der Waals surface area contributed by atoms with E-state index in [0.717, 1.165) is 10.9 Å². The van der Waals surface area contributed by atoms with Gasteiger partial charge >= 0.3 is 12.1 Å². The highest BCUT2D eigenvalue weighted by atomic mass is 19.4. The van der Waals surface area contributed by atoms with Crippen LogP contribution in [0, 0.1) is 5.92 Å². The highest BCUT2D eigenvalue weighted by Crippen LogP contribution is 2.42. The smallest absolute Gasteiger partial charge is 0.392 e. The molecule has 0 fully saturated rings. The molecular formula is C22H16F3NO4. The Morgan fingerprint density at radius 1 is 1.10 bits per heavy atom. The summed E-state index contributed by atoms with van der Waals surface area (Å²) in [7, 11) is 0. The molecule has 0 aliphatic heterocycles. The fraction of sp³-hybridized carbons (Fsp3) is 0.227. The molecule has 0 radical (unpaired) electrons. The van der Waals surface area contributed by atoms with Crippen LogP contribution in [-0.4, -0.2) is 21.8 Å². The minimum atomic E-state index is -4.30. The van der Waals surface area contributed by atoms with Crippen molar-refractivity contribution in [2.24, 2.45) is 5.92 Å². The molecule has 0 spiro atoms. The summed E-state index contributed by atoms with van der Waals surface area (Å²) >= 11 is 0. The second-order valence-electron chi connectivity index (χ2n) is 7.41. The molecule has 1 atom stereocenters. The third-order valence-corrected chi connectivity index (χ3v) is 5.56. The Morgan fingerprint density at radius 2 is 1.90 bits per heavy atom. The first kappa shape index (κ1) is 18.6. The van der Waals surface area contributed by atoms with E-state index in [4.69, 9.17) is 8.83 Å². The number of hydrogen-bond acceptors (Lipinski definition) is 3. The van der Waals surface area contributed by atoms with Gasteiger partial charge < -0.3 is 13.9 Å². The predicted molar refractivity (Wildman–Crippen MR) is 102 cm³/mol. The first-order valence-electron chi connectivity index (χ1n) is 9.44. The van der Waals surface area contributed by atoms with E-state index in [1.54, 1.807) is 10.6 Å². The number of hydrogen-bond donors (Lipinski definition) is 1. The summed E-state index contributed by atoms with van der Waals surface area (Å²) in [6, 6.07) is 13.7. The summed E-state index contributed by atoms with van der Waals surface area (Å²) in [6.07, 6.45) is -4.23. The van der Waals surface area contributed by atoms with Crippen molar-refractivity contribution in [2.45, 2.75) is 25.4 Å². The zero-order valence-electron chi connectivity index (χ0n) is 15.6. The lowest BCUT2D eigenvalue weighted by Gasteiger charge is -2.25. The van der Waals surface area contributed by atoms with E-state index in [1.807, 2.05) is 30.3 Å². The van der Waals surface area contributed by atoms with Crippen molar-refractivity contribution in [3.8, 4) is 17.3 Å². The van der Waals surface area contributed by atoms with Crippen LogP contribution in [0.25, 0.3) is 28.3 Å². The average Bonchev–Trinajstić information content (AvgIpc) is 3.41. The first-order chi connectivity index (χ1) is 14.3. The van der Waals surface area contributed by atoms with Gasteiger partial charge in [-0.2, -0.15) is 13.2 Å². The molecule has 5 nitrogen and oxygen atoms in total. The first-order valence-corrected chi connectivity index (χ1v) is 9.44. The van der Waals surface area contributed by atoms with Gasteiger partial charge in [-0.05, 0) is 49.1 Å². The summed E-state index contributed by atoms with van der Waals surface area (Å²) < 4.78 is 53.2. The fourth-order valence-corrected chi connectivity index (χ4v) is 4.09. The number of carboxylic acid groups (broad SMARTS) is 1. The normalized spacial score (nSPS) is 16.7. The van der Waals surface area contributed by atoms with Gasteiger partial charge in [0, 0.05) is 17.1 Å². The van der Waals surface area contributed by atoms with E-state index in [1.165, 1.54) is 12.1 Å². The Morgan fingerprint density at radius 3 is 2.60 bits per heavy atom. The van der Waals surface area contributed by atoms with Crippen LogP contribution in [0.1, 0.15) is 28.2 Å². The largest absolute Gasteiger partial charge is 0.475 e. The lowest BCUT2D eigenvalue weighted by Crippen LogP contribution is -2.29. The summed E-state index contributed by atoms with van der Waals surface area (Å²) in [5.41, 5.74) is 2.42. The van der Waals surface area contributed by atoms with Crippen molar-refractivity contribution < 1.29 is 31.9 Å². The van der Waals surface area contributed by atoms with Crippen LogP contribution >= 0.6 is 0 Å². The molecule has 0 saturated carbocycles. The summed E-state index contributed by atoms with van der Waals surface area (Å²) in [5, 5.41) is 10.1. The van der Waals surface area contributed by atoms with Crippen LogP contribution in [0.5, 0.6) is 0 Å². The quantitative estimate of drug-likeness (QED) is 0.456. The summed E-state index contributed by atoms with van der Waals surface area (Å²) in [5.74, 6) is -2.38. The van der Waals surface area contributed by atoms with Crippen molar-refractivity contribution in [2.75, 3.05) is 0 Å². The maximum Gasteiger partial charge on any atom is 0.392 e. The van der Waals surface area contributed by atoms with Gasteiger partial charge in [0.15, 0.2) is 5.76 Å². The number of para-hydroxylation sites is 1. The zero-order chi connectivity index (χ0) is 21.0. The number of carbonyl (C=O) groups is 1. The standard InChI is InChI=1S/C22H16F3NO4/c23-22(24,25)14-6-5-12-9-16(19-10-13-3-1-2-4-17(13)29-19)26(15(12)11-14)20-8-7-18(30-20)21(27)28/h1-4,7-10,14H,5-6,11H2,(H,27,28). The number of carboxylic acids is 1. The molecule has 4 aromatic rings. The molecular weight excluding hydrogens is 399 g/mol.